The second kappa shape index (κ2) is 7.05. The molecule has 0 saturated carbocycles. The van der Waals surface area contributed by atoms with Crippen LogP contribution in [-0.2, 0) is 6.54 Å². The lowest BCUT2D eigenvalue weighted by Crippen LogP contribution is -2.19. The van der Waals surface area contributed by atoms with E-state index >= 15 is 0 Å². The zero-order valence-corrected chi connectivity index (χ0v) is 12.3. The maximum atomic E-state index is 5.31. The first-order valence-electron chi connectivity index (χ1n) is 6.89. The van der Waals surface area contributed by atoms with Gasteiger partial charge in [-0.2, -0.15) is 4.98 Å². The summed E-state index contributed by atoms with van der Waals surface area (Å²) in [7, 11) is 3.70. The van der Waals surface area contributed by atoms with Crippen LogP contribution in [0.2, 0.25) is 0 Å². The van der Waals surface area contributed by atoms with Crippen LogP contribution in [0.15, 0.2) is 28.8 Å². The van der Waals surface area contributed by atoms with Gasteiger partial charge < -0.3 is 9.26 Å². The van der Waals surface area contributed by atoms with E-state index in [1.54, 1.807) is 7.11 Å². The Balaban J connectivity index is 2.08. The van der Waals surface area contributed by atoms with Gasteiger partial charge in [-0.1, -0.05) is 30.6 Å². The molecule has 20 heavy (non-hydrogen) atoms. The Labute approximate surface area is 119 Å². The highest BCUT2D eigenvalue weighted by molar-refractivity contribution is 5.63. The average molecular weight is 275 g/mol. The molecular formula is C15H21N3O2. The molecule has 108 valence electrons. The molecule has 0 fully saturated rings. The summed E-state index contributed by atoms with van der Waals surface area (Å²) in [6.45, 7) is 3.88. The third-order valence-electron chi connectivity index (χ3n) is 3.11. The van der Waals surface area contributed by atoms with E-state index in [1.807, 2.05) is 24.3 Å². The Morgan fingerprint density at radius 2 is 2.10 bits per heavy atom. The highest BCUT2D eigenvalue weighted by Crippen LogP contribution is 2.27. The molecule has 1 heterocycles. The molecule has 0 aliphatic rings. The summed E-state index contributed by atoms with van der Waals surface area (Å²) in [5.74, 6) is 1.95. The number of benzene rings is 1. The molecule has 0 saturated heterocycles. The van der Waals surface area contributed by atoms with Crippen molar-refractivity contribution in [3.05, 3.63) is 30.2 Å². The fraction of sp³-hybridized carbons (Fsp3) is 0.467. The lowest BCUT2D eigenvalue weighted by Gasteiger charge is -2.12. The van der Waals surface area contributed by atoms with Crippen molar-refractivity contribution in [3.8, 4) is 17.1 Å². The molecule has 0 aliphatic carbocycles. The first-order valence-corrected chi connectivity index (χ1v) is 6.89. The summed E-state index contributed by atoms with van der Waals surface area (Å²) >= 11 is 0. The summed E-state index contributed by atoms with van der Waals surface area (Å²) in [4.78, 5) is 6.62. The predicted molar refractivity (Wildman–Crippen MR) is 77.5 cm³/mol. The van der Waals surface area contributed by atoms with Crippen molar-refractivity contribution in [2.45, 2.75) is 26.3 Å². The van der Waals surface area contributed by atoms with Crippen molar-refractivity contribution in [2.75, 3.05) is 20.7 Å². The van der Waals surface area contributed by atoms with Crippen molar-refractivity contribution in [2.24, 2.45) is 0 Å². The quantitative estimate of drug-likeness (QED) is 0.777. The fourth-order valence-corrected chi connectivity index (χ4v) is 2.00. The number of hydrogen-bond acceptors (Lipinski definition) is 5. The molecule has 2 aromatic rings. The van der Waals surface area contributed by atoms with E-state index < -0.39 is 0 Å². The molecule has 5 nitrogen and oxygen atoms in total. The molecule has 0 radical (unpaired) electrons. The highest BCUT2D eigenvalue weighted by Gasteiger charge is 2.13. The Morgan fingerprint density at radius 3 is 2.85 bits per heavy atom. The van der Waals surface area contributed by atoms with E-state index in [0.717, 1.165) is 17.9 Å². The first kappa shape index (κ1) is 14.5. The highest BCUT2D eigenvalue weighted by atomic mass is 16.5. The van der Waals surface area contributed by atoms with Crippen molar-refractivity contribution in [3.63, 3.8) is 0 Å². The third kappa shape index (κ3) is 3.57. The zero-order chi connectivity index (χ0) is 14.4. The maximum Gasteiger partial charge on any atom is 0.241 e. The van der Waals surface area contributed by atoms with Gasteiger partial charge >= 0.3 is 0 Å². The van der Waals surface area contributed by atoms with Crippen LogP contribution < -0.4 is 4.74 Å². The van der Waals surface area contributed by atoms with Gasteiger partial charge in [-0.25, -0.2) is 0 Å². The molecule has 5 heteroatoms. The molecule has 0 N–H and O–H groups in total. The molecule has 1 aromatic carbocycles. The van der Waals surface area contributed by atoms with Crippen LogP contribution in [0, 0.1) is 0 Å². The lowest BCUT2D eigenvalue weighted by atomic mass is 10.2. The summed E-state index contributed by atoms with van der Waals surface area (Å²) in [6, 6.07) is 7.66. The molecule has 0 spiro atoms. The van der Waals surface area contributed by atoms with Crippen LogP contribution in [0.3, 0.4) is 0 Å². The van der Waals surface area contributed by atoms with Crippen molar-refractivity contribution in [1.29, 1.82) is 0 Å². The Kier molecular flexibility index (Phi) is 5.12. The number of nitrogens with zero attached hydrogens (tertiary/aromatic N) is 3. The fourth-order valence-electron chi connectivity index (χ4n) is 2.00. The van der Waals surface area contributed by atoms with Crippen LogP contribution in [0.1, 0.15) is 25.7 Å². The van der Waals surface area contributed by atoms with E-state index in [2.05, 4.69) is 29.0 Å². The van der Waals surface area contributed by atoms with E-state index in [0.29, 0.717) is 18.3 Å². The number of unbranched alkanes of at least 4 members (excludes halogenated alkanes) is 1. The summed E-state index contributed by atoms with van der Waals surface area (Å²) in [5.41, 5.74) is 0.848. The van der Waals surface area contributed by atoms with Gasteiger partial charge in [0.2, 0.25) is 11.7 Å². The van der Waals surface area contributed by atoms with Gasteiger partial charge in [0.25, 0.3) is 0 Å². The van der Waals surface area contributed by atoms with Gasteiger partial charge in [0.1, 0.15) is 5.75 Å². The van der Waals surface area contributed by atoms with Crippen molar-refractivity contribution in [1.82, 2.24) is 15.0 Å². The molecule has 0 atom stereocenters. The summed E-state index contributed by atoms with van der Waals surface area (Å²) in [6.07, 6.45) is 2.35. The van der Waals surface area contributed by atoms with Crippen LogP contribution in [0.4, 0.5) is 0 Å². The minimum absolute atomic E-state index is 0.571. The number of rotatable bonds is 7. The Morgan fingerprint density at radius 1 is 1.30 bits per heavy atom. The number of methoxy groups -OCH3 is 1. The molecule has 0 amide bonds. The number of aromatic nitrogens is 2. The number of ether oxygens (including phenoxy) is 1. The van der Waals surface area contributed by atoms with Gasteiger partial charge in [-0.05, 0) is 32.1 Å². The summed E-state index contributed by atoms with van der Waals surface area (Å²) in [5, 5.41) is 4.04. The van der Waals surface area contributed by atoms with Crippen molar-refractivity contribution >= 4 is 0 Å². The normalized spacial score (nSPS) is 11.0. The minimum atomic E-state index is 0.571. The minimum Gasteiger partial charge on any atom is -0.496 e. The molecular weight excluding hydrogens is 254 g/mol. The van der Waals surface area contributed by atoms with Gasteiger partial charge in [0.15, 0.2) is 0 Å². The molecule has 0 aliphatic heterocycles. The third-order valence-corrected chi connectivity index (χ3v) is 3.11. The van der Waals surface area contributed by atoms with Gasteiger partial charge in [-0.3, -0.25) is 4.90 Å². The Bertz CT molecular complexity index is 539. The first-order chi connectivity index (χ1) is 9.74. The van der Waals surface area contributed by atoms with E-state index in [1.165, 1.54) is 12.8 Å². The van der Waals surface area contributed by atoms with Crippen molar-refractivity contribution < 1.29 is 9.26 Å². The molecule has 2 rings (SSSR count). The Hall–Kier alpha value is -1.88. The maximum absolute atomic E-state index is 5.31. The molecule has 0 bridgehead atoms. The van der Waals surface area contributed by atoms with Crippen LogP contribution >= 0.6 is 0 Å². The van der Waals surface area contributed by atoms with Gasteiger partial charge in [0, 0.05) is 0 Å². The second-order valence-corrected chi connectivity index (χ2v) is 4.80. The van der Waals surface area contributed by atoms with E-state index in [-0.39, 0.29) is 0 Å². The van der Waals surface area contributed by atoms with Gasteiger partial charge in [-0.15, -0.1) is 0 Å². The van der Waals surface area contributed by atoms with Crippen LogP contribution in [-0.4, -0.2) is 35.7 Å². The lowest BCUT2D eigenvalue weighted by molar-refractivity contribution is 0.264. The standard InChI is InChI=1S/C15H21N3O2/c1-4-5-10-18(2)11-14-16-15(17-20-14)12-8-6-7-9-13(12)19-3/h6-9H,4-5,10-11H2,1-3H3. The predicted octanol–water partition coefficient (Wildman–Crippen LogP) is 2.98. The van der Waals surface area contributed by atoms with E-state index in [4.69, 9.17) is 9.26 Å². The summed E-state index contributed by atoms with van der Waals surface area (Å²) < 4.78 is 10.6. The molecule has 1 aromatic heterocycles. The SMILES string of the molecule is CCCCN(C)Cc1nc(-c2ccccc2OC)no1. The zero-order valence-electron chi connectivity index (χ0n) is 12.3. The van der Waals surface area contributed by atoms with Gasteiger partial charge in [0.05, 0.1) is 19.2 Å². The van der Waals surface area contributed by atoms with E-state index in [9.17, 15) is 0 Å². The molecule has 0 unspecified atom stereocenters. The largest absolute Gasteiger partial charge is 0.496 e. The number of hydrogen-bond donors (Lipinski definition) is 0. The van der Waals surface area contributed by atoms with Crippen LogP contribution in [0.5, 0.6) is 5.75 Å². The monoisotopic (exact) mass is 275 g/mol. The second-order valence-electron chi connectivity index (χ2n) is 4.80. The topological polar surface area (TPSA) is 51.4 Å². The van der Waals surface area contributed by atoms with Crippen LogP contribution in [0.25, 0.3) is 11.4 Å². The smallest absolute Gasteiger partial charge is 0.241 e. The number of para-hydroxylation sites is 1. The average Bonchev–Trinajstić information content (AvgIpc) is 2.93.